The number of aliphatic hydroxyl groups is 1. The number of aromatic nitrogens is 8. The summed E-state index contributed by atoms with van der Waals surface area (Å²) in [6, 6.07) is -11.2. The Kier molecular flexibility index (Phi) is 19.0. The van der Waals surface area contributed by atoms with Gasteiger partial charge < -0.3 is 77.8 Å². The summed E-state index contributed by atoms with van der Waals surface area (Å²) in [6.07, 6.45) is 13.3. The van der Waals surface area contributed by atoms with Gasteiger partial charge in [0.05, 0.1) is 60.7 Å². The minimum Gasteiger partial charge on any atom is -0.394 e. The van der Waals surface area contributed by atoms with Crippen molar-refractivity contribution in [1.29, 1.82) is 0 Å². The molecule has 9 amide bonds. The van der Waals surface area contributed by atoms with Crippen LogP contribution in [0.1, 0.15) is 75.1 Å². The van der Waals surface area contributed by atoms with Crippen molar-refractivity contribution in [2.75, 3.05) is 26.2 Å². The third kappa shape index (κ3) is 14.1. The van der Waals surface area contributed by atoms with E-state index >= 15 is 0 Å². The van der Waals surface area contributed by atoms with Crippen molar-refractivity contribution in [2.24, 2.45) is 17.4 Å². The molecule has 7 heterocycles. The van der Waals surface area contributed by atoms with Gasteiger partial charge in [0.15, 0.2) is 0 Å². The number of aliphatic hydroxyl groups excluding tert-OH is 1. The number of amides is 9. The number of aromatic amines is 4. The molecule has 7 rings (SSSR count). The first-order valence-corrected chi connectivity index (χ1v) is 25.5. The lowest BCUT2D eigenvalue weighted by atomic mass is 10.0. The molecule has 3 aliphatic rings. The predicted octanol–water partition coefficient (Wildman–Crippen LogP) is -4.72. The number of Topliss-reactive ketones (excluding diaryl/α,β-unsaturated/α-hetero) is 1. The van der Waals surface area contributed by atoms with Gasteiger partial charge in [0.1, 0.15) is 48.3 Å². The Labute approximate surface area is 441 Å². The van der Waals surface area contributed by atoms with Gasteiger partial charge in [-0.2, -0.15) is 0 Å². The molecular formula is C48H66N18O11. The van der Waals surface area contributed by atoms with E-state index in [-0.39, 0.29) is 58.2 Å². The molecular weight excluding hydrogens is 1000 g/mol. The van der Waals surface area contributed by atoms with Gasteiger partial charge in [-0.25, -0.2) is 19.9 Å². The second-order valence-electron chi connectivity index (χ2n) is 19.6. The predicted molar refractivity (Wildman–Crippen MR) is 267 cm³/mol. The van der Waals surface area contributed by atoms with Crippen molar-refractivity contribution >= 4 is 58.9 Å². The number of primary amides is 1. The molecule has 3 saturated heterocycles. The maximum atomic E-state index is 14.4. The molecule has 0 unspecified atom stereocenters. The fourth-order valence-electron chi connectivity index (χ4n) is 9.84. The third-order valence-electron chi connectivity index (χ3n) is 13.9. The number of hydrogen-bond donors (Lipinski definition) is 12. The van der Waals surface area contributed by atoms with Crippen LogP contribution in [0.2, 0.25) is 0 Å². The number of carbonyl (C=O) groups excluding carboxylic acids is 10. The molecule has 414 valence electrons. The number of nitrogens with two attached hydrogens (primary N) is 2. The Morgan fingerprint density at radius 3 is 1.31 bits per heavy atom. The highest BCUT2D eigenvalue weighted by Crippen LogP contribution is 2.29. The van der Waals surface area contributed by atoms with Crippen LogP contribution in [0.4, 0.5) is 0 Å². The lowest BCUT2D eigenvalue weighted by Crippen LogP contribution is -2.62. The number of hydrogen-bond acceptors (Lipinski definition) is 16. The molecule has 0 bridgehead atoms. The van der Waals surface area contributed by atoms with Gasteiger partial charge in [-0.05, 0) is 44.4 Å². The van der Waals surface area contributed by atoms with Crippen LogP contribution >= 0.6 is 0 Å². The second-order valence-corrected chi connectivity index (χ2v) is 19.6. The van der Waals surface area contributed by atoms with E-state index < -0.39 is 126 Å². The van der Waals surface area contributed by atoms with E-state index in [1.54, 1.807) is 20.0 Å². The molecule has 3 fully saturated rings. The summed E-state index contributed by atoms with van der Waals surface area (Å²) in [5.74, 6) is -8.47. The SMILES string of the molecule is CC(C)[C@H](NC(=O)[C@H](CO)NC(=O)[C@H](Cc1c[nH]cn1)NC(=O)[C@H](Cc1c[nH]cn1)NC(=O)[C@H](Cc1c[nH]cn1)NC(=O)[C@@H](N)Cc1c[nH]cn1)C(=O)N1CCC[C@H]1C(=O)N1CCC[C@H]1C(=O)N1CCC[C@H]1C(=O)C(N)=O. The fraction of sp³-hybridized carbons (Fsp3) is 0.542. The maximum Gasteiger partial charge on any atom is 0.287 e. The van der Waals surface area contributed by atoms with Crippen molar-refractivity contribution in [3.8, 4) is 0 Å². The lowest BCUT2D eigenvalue weighted by molar-refractivity contribution is -0.151. The first-order chi connectivity index (χ1) is 36.9. The minimum absolute atomic E-state index is 0.0482. The number of ketones is 1. The van der Waals surface area contributed by atoms with Crippen LogP contribution < -0.4 is 38.1 Å². The van der Waals surface area contributed by atoms with E-state index in [2.05, 4.69) is 66.5 Å². The maximum absolute atomic E-state index is 14.4. The summed E-state index contributed by atoms with van der Waals surface area (Å²) in [4.78, 5) is 169. The smallest absolute Gasteiger partial charge is 0.287 e. The Morgan fingerprint density at radius 1 is 0.545 bits per heavy atom. The molecule has 0 radical (unpaired) electrons. The number of likely N-dealkylation sites (tertiary alicyclic amines) is 3. The molecule has 4 aromatic rings. The molecule has 0 aromatic carbocycles. The Balaban J connectivity index is 1.03. The molecule has 9 atom stereocenters. The molecule has 3 aliphatic heterocycles. The summed E-state index contributed by atoms with van der Waals surface area (Å²) in [5.41, 5.74) is 13.0. The largest absolute Gasteiger partial charge is 0.394 e. The number of rotatable bonds is 25. The Morgan fingerprint density at radius 2 is 0.909 bits per heavy atom. The van der Waals surface area contributed by atoms with Gasteiger partial charge in [-0.1, -0.05) is 13.8 Å². The highest BCUT2D eigenvalue weighted by atomic mass is 16.3. The lowest BCUT2D eigenvalue weighted by Gasteiger charge is -2.35. The number of H-pyrrole nitrogens is 4. The van der Waals surface area contributed by atoms with Crippen LogP contribution in [-0.4, -0.2) is 199 Å². The summed E-state index contributed by atoms with van der Waals surface area (Å²) < 4.78 is 0. The standard InChI is InChI=1S/C48H66N18O11/c1-25(2)38(48(77)66-11-5-8-37(66)47(76)65-10-4-7-36(65)46(75)64-9-3-6-35(64)39(68)40(50)69)63-45(74)34(20-67)62-44(73)33(15-29-19-54-24-58-29)61-43(72)32(14-28-18-53-23-57-28)60-42(71)31(13-27-17-52-22-56-27)59-41(70)30(49)12-26-16-51-21-55-26/h16-19,21-25,30-38,67H,3-15,20,49H2,1-2H3,(H2,50,69)(H,51,55)(H,52,56)(H,53,57)(H,54,58)(H,59,70)(H,60,71)(H,61,72)(H,62,73)(H,63,74)/t30-,31-,32-,33-,34-,35-,36-,37-,38-/m0/s1. The molecule has 29 heteroatoms. The summed E-state index contributed by atoms with van der Waals surface area (Å²) in [7, 11) is 0. The van der Waals surface area contributed by atoms with Crippen molar-refractivity contribution in [3.05, 3.63) is 72.9 Å². The van der Waals surface area contributed by atoms with Crippen LogP contribution in [-0.2, 0) is 73.6 Å². The molecule has 77 heavy (non-hydrogen) atoms. The van der Waals surface area contributed by atoms with E-state index in [9.17, 15) is 53.1 Å². The molecule has 0 aliphatic carbocycles. The zero-order valence-corrected chi connectivity index (χ0v) is 42.6. The summed E-state index contributed by atoms with van der Waals surface area (Å²) >= 11 is 0. The van der Waals surface area contributed by atoms with Crippen LogP contribution in [0, 0.1) is 5.92 Å². The first kappa shape index (κ1) is 56.4. The first-order valence-electron chi connectivity index (χ1n) is 25.5. The van der Waals surface area contributed by atoms with Crippen molar-refractivity contribution in [2.45, 2.75) is 132 Å². The highest BCUT2D eigenvalue weighted by molar-refractivity contribution is 6.38. The highest BCUT2D eigenvalue weighted by Gasteiger charge is 2.47. The summed E-state index contributed by atoms with van der Waals surface area (Å²) in [5, 5.41) is 23.6. The number of nitrogens with one attached hydrogen (secondary N) is 9. The summed E-state index contributed by atoms with van der Waals surface area (Å²) in [6.45, 7) is 2.96. The van der Waals surface area contributed by atoms with Crippen molar-refractivity contribution in [3.63, 3.8) is 0 Å². The van der Waals surface area contributed by atoms with Gasteiger partial charge in [0, 0.05) is 70.1 Å². The number of imidazole rings is 4. The van der Waals surface area contributed by atoms with Gasteiger partial charge in [0.25, 0.3) is 5.91 Å². The normalized spacial score (nSPS) is 19.6. The Hall–Kier alpha value is -8.34. The average Bonchev–Trinajstić information content (AvgIpc) is 4.27. The van der Waals surface area contributed by atoms with Crippen LogP contribution in [0.25, 0.3) is 0 Å². The van der Waals surface area contributed by atoms with Crippen molar-refractivity contribution < 1.29 is 53.1 Å². The monoisotopic (exact) mass is 1070 g/mol. The van der Waals surface area contributed by atoms with Crippen LogP contribution in [0.3, 0.4) is 0 Å². The molecule has 14 N–H and O–H groups in total. The van der Waals surface area contributed by atoms with E-state index in [1.807, 2.05) is 0 Å². The average molecular weight is 1070 g/mol. The van der Waals surface area contributed by atoms with E-state index in [4.69, 9.17) is 11.5 Å². The molecule has 4 aromatic heterocycles. The number of nitrogens with zero attached hydrogens (tertiary/aromatic N) is 7. The molecule has 0 saturated carbocycles. The minimum atomic E-state index is -1.68. The zero-order chi connectivity index (χ0) is 55.3. The van der Waals surface area contributed by atoms with E-state index in [1.165, 1.54) is 58.6 Å². The topological polar surface area (TPSA) is 428 Å². The Bertz CT molecular complexity index is 2700. The van der Waals surface area contributed by atoms with Gasteiger partial charge in [-0.15, -0.1) is 0 Å². The molecule has 0 spiro atoms. The molecule has 29 nitrogen and oxygen atoms in total. The van der Waals surface area contributed by atoms with Gasteiger partial charge in [0.2, 0.25) is 53.0 Å². The fourth-order valence-corrected chi connectivity index (χ4v) is 9.84. The second kappa shape index (κ2) is 25.9. The van der Waals surface area contributed by atoms with E-state index in [0.29, 0.717) is 48.5 Å². The third-order valence-corrected chi connectivity index (χ3v) is 13.9. The van der Waals surface area contributed by atoms with Gasteiger partial charge in [-0.3, -0.25) is 47.9 Å². The quantitative estimate of drug-likeness (QED) is 0.0278. The van der Waals surface area contributed by atoms with Crippen LogP contribution in [0.15, 0.2) is 50.1 Å². The van der Waals surface area contributed by atoms with Crippen LogP contribution in [0.5, 0.6) is 0 Å². The van der Waals surface area contributed by atoms with Gasteiger partial charge >= 0.3 is 0 Å². The zero-order valence-electron chi connectivity index (χ0n) is 42.6. The van der Waals surface area contributed by atoms with Crippen molar-refractivity contribution in [1.82, 2.24) is 81.2 Å². The van der Waals surface area contributed by atoms with E-state index in [0.717, 1.165) is 0 Å². The number of carbonyl (C=O) groups is 10.